The molecule has 0 unspecified atom stereocenters. The smallest absolute Gasteiger partial charge is 0.338 e. The van der Waals surface area contributed by atoms with E-state index in [2.05, 4.69) is 5.32 Å². The Morgan fingerprint density at radius 1 is 1.50 bits per heavy atom. The second kappa shape index (κ2) is 5.21. The van der Waals surface area contributed by atoms with Crippen LogP contribution in [0.25, 0.3) is 0 Å². The first kappa shape index (κ1) is 14.2. The Balaban J connectivity index is 2.85. The average Bonchev–Trinajstić information content (AvgIpc) is 2.20. The van der Waals surface area contributed by atoms with Gasteiger partial charge in [0.15, 0.2) is 0 Å². The Morgan fingerprint density at radius 3 is 2.61 bits per heavy atom. The number of nitrogens with one attached hydrogen (secondary N) is 1. The number of nitrogen functional groups attached to an aromatic ring is 1. The van der Waals surface area contributed by atoms with E-state index in [0.29, 0.717) is 0 Å². The summed E-state index contributed by atoms with van der Waals surface area (Å²) in [6.07, 6.45) is 1.08. The van der Waals surface area contributed by atoms with Crippen molar-refractivity contribution < 1.29 is 22.7 Å². The summed E-state index contributed by atoms with van der Waals surface area (Å²) >= 11 is 0. The van der Waals surface area contributed by atoms with Gasteiger partial charge < -0.3 is 16.2 Å². The van der Waals surface area contributed by atoms with Crippen LogP contribution in [0, 0.1) is 5.82 Å². The van der Waals surface area contributed by atoms with Crippen molar-refractivity contribution in [3.05, 3.63) is 23.5 Å². The third kappa shape index (κ3) is 3.88. The van der Waals surface area contributed by atoms with Gasteiger partial charge in [0.05, 0.1) is 22.7 Å². The summed E-state index contributed by atoms with van der Waals surface area (Å²) in [4.78, 5) is 10.6. The molecule has 0 heterocycles. The zero-order chi connectivity index (χ0) is 13.9. The van der Waals surface area contributed by atoms with E-state index in [-0.39, 0.29) is 23.7 Å². The van der Waals surface area contributed by atoms with Crippen molar-refractivity contribution in [2.75, 3.05) is 29.6 Å². The van der Waals surface area contributed by atoms with Gasteiger partial charge in [0.25, 0.3) is 0 Å². The molecule has 0 saturated heterocycles. The Morgan fingerprint density at radius 2 is 2.11 bits per heavy atom. The predicted molar refractivity (Wildman–Crippen MR) is 66.0 cm³/mol. The topological polar surface area (TPSA) is 109 Å². The van der Waals surface area contributed by atoms with Crippen LogP contribution < -0.4 is 11.1 Å². The first-order valence-electron chi connectivity index (χ1n) is 4.94. The van der Waals surface area contributed by atoms with E-state index in [1.807, 2.05) is 0 Å². The number of carboxylic acids is 1. The molecule has 0 aliphatic carbocycles. The third-order valence-corrected chi connectivity index (χ3v) is 3.10. The van der Waals surface area contributed by atoms with Crippen molar-refractivity contribution in [1.29, 1.82) is 0 Å². The number of carboxylic acid groups (broad SMARTS) is 1. The fourth-order valence-electron chi connectivity index (χ4n) is 1.28. The van der Waals surface area contributed by atoms with Gasteiger partial charge in [-0.3, -0.25) is 0 Å². The molecule has 1 rings (SSSR count). The Kier molecular flexibility index (Phi) is 4.12. The van der Waals surface area contributed by atoms with Crippen LogP contribution in [0.3, 0.4) is 0 Å². The zero-order valence-corrected chi connectivity index (χ0v) is 10.4. The fourth-order valence-corrected chi connectivity index (χ4v) is 1.75. The summed E-state index contributed by atoms with van der Waals surface area (Å²) in [5, 5.41) is 11.3. The maximum atomic E-state index is 13.3. The molecule has 0 atom stereocenters. The van der Waals surface area contributed by atoms with E-state index < -0.39 is 27.2 Å². The molecule has 0 saturated carbocycles. The molecule has 0 fully saturated rings. The molecule has 100 valence electrons. The molecule has 0 radical (unpaired) electrons. The number of sulfone groups is 1. The maximum absolute atomic E-state index is 13.3. The quantitative estimate of drug-likeness (QED) is 0.678. The molecule has 4 N–H and O–H groups in total. The summed E-state index contributed by atoms with van der Waals surface area (Å²) in [6, 6.07) is 1.92. The first-order valence-corrected chi connectivity index (χ1v) is 7.00. The van der Waals surface area contributed by atoms with Crippen LogP contribution in [0.5, 0.6) is 0 Å². The zero-order valence-electron chi connectivity index (χ0n) is 9.60. The van der Waals surface area contributed by atoms with Crippen LogP contribution in [-0.2, 0) is 9.84 Å². The highest BCUT2D eigenvalue weighted by atomic mass is 32.2. The minimum absolute atomic E-state index is 0.0438. The van der Waals surface area contributed by atoms with Crippen LogP contribution >= 0.6 is 0 Å². The van der Waals surface area contributed by atoms with Crippen LogP contribution in [0.15, 0.2) is 12.1 Å². The minimum atomic E-state index is -3.13. The van der Waals surface area contributed by atoms with E-state index in [0.717, 1.165) is 18.4 Å². The SMILES string of the molecule is CS(=O)(=O)CCNc1cc(F)c(C(=O)O)cc1N. The van der Waals surface area contributed by atoms with Crippen LogP contribution in [0.2, 0.25) is 0 Å². The molecule has 6 nitrogen and oxygen atoms in total. The summed E-state index contributed by atoms with van der Waals surface area (Å²) in [7, 11) is -3.13. The molecular formula is C10H13FN2O4S. The Bertz CT molecular complexity index is 571. The second-order valence-electron chi connectivity index (χ2n) is 3.78. The number of rotatable bonds is 5. The molecule has 0 bridgehead atoms. The van der Waals surface area contributed by atoms with Crippen LogP contribution in [0.1, 0.15) is 10.4 Å². The van der Waals surface area contributed by atoms with Crippen molar-refractivity contribution in [3.8, 4) is 0 Å². The highest BCUT2D eigenvalue weighted by Gasteiger charge is 2.13. The normalized spacial score (nSPS) is 11.2. The van der Waals surface area contributed by atoms with Crippen molar-refractivity contribution in [3.63, 3.8) is 0 Å². The number of nitrogens with two attached hydrogens (primary N) is 1. The van der Waals surface area contributed by atoms with Crippen molar-refractivity contribution in [2.45, 2.75) is 0 Å². The second-order valence-corrected chi connectivity index (χ2v) is 6.04. The van der Waals surface area contributed by atoms with Crippen LogP contribution in [-0.4, -0.2) is 38.0 Å². The highest BCUT2D eigenvalue weighted by Crippen LogP contribution is 2.22. The molecule has 18 heavy (non-hydrogen) atoms. The highest BCUT2D eigenvalue weighted by molar-refractivity contribution is 7.90. The third-order valence-electron chi connectivity index (χ3n) is 2.16. The lowest BCUT2D eigenvalue weighted by Crippen LogP contribution is -2.15. The monoisotopic (exact) mass is 276 g/mol. The lowest BCUT2D eigenvalue weighted by atomic mass is 10.1. The largest absolute Gasteiger partial charge is 0.478 e. The summed E-state index contributed by atoms with van der Waals surface area (Å²) in [5.41, 5.74) is 5.22. The standard InChI is InChI=1S/C10H13FN2O4S/c1-18(16,17)3-2-13-9-5-7(11)6(10(14)15)4-8(9)12/h4-5,13H,2-3,12H2,1H3,(H,14,15). The summed E-state index contributed by atoms with van der Waals surface area (Å²) in [5.74, 6) is -2.48. The number of hydrogen-bond acceptors (Lipinski definition) is 5. The maximum Gasteiger partial charge on any atom is 0.338 e. The number of aromatic carboxylic acids is 1. The number of halogens is 1. The van der Waals surface area contributed by atoms with E-state index in [4.69, 9.17) is 10.8 Å². The van der Waals surface area contributed by atoms with Gasteiger partial charge in [-0.2, -0.15) is 0 Å². The van der Waals surface area contributed by atoms with E-state index in [9.17, 15) is 17.6 Å². The van der Waals surface area contributed by atoms with E-state index in [1.54, 1.807) is 0 Å². The minimum Gasteiger partial charge on any atom is -0.478 e. The first-order chi connectivity index (χ1) is 8.20. The van der Waals surface area contributed by atoms with Gasteiger partial charge in [0.2, 0.25) is 0 Å². The van der Waals surface area contributed by atoms with E-state index >= 15 is 0 Å². The van der Waals surface area contributed by atoms with E-state index in [1.165, 1.54) is 0 Å². The molecule has 0 aliphatic rings. The molecule has 0 aromatic heterocycles. The van der Waals surface area contributed by atoms with Gasteiger partial charge >= 0.3 is 5.97 Å². The molecular weight excluding hydrogens is 263 g/mol. The molecule has 0 amide bonds. The average molecular weight is 276 g/mol. The van der Waals surface area contributed by atoms with Crippen molar-refractivity contribution >= 4 is 27.2 Å². The number of carbonyl (C=O) groups is 1. The lowest BCUT2D eigenvalue weighted by Gasteiger charge is -2.10. The van der Waals surface area contributed by atoms with Gasteiger partial charge in [0, 0.05) is 12.8 Å². The number of benzene rings is 1. The Hall–Kier alpha value is -1.83. The van der Waals surface area contributed by atoms with Gasteiger partial charge in [-0.05, 0) is 12.1 Å². The molecule has 0 aliphatic heterocycles. The molecule has 0 spiro atoms. The molecule has 1 aromatic carbocycles. The fraction of sp³-hybridized carbons (Fsp3) is 0.300. The van der Waals surface area contributed by atoms with Gasteiger partial charge in [-0.15, -0.1) is 0 Å². The summed E-state index contributed by atoms with van der Waals surface area (Å²) < 4.78 is 35.1. The summed E-state index contributed by atoms with van der Waals surface area (Å²) in [6.45, 7) is 0.0644. The lowest BCUT2D eigenvalue weighted by molar-refractivity contribution is 0.0692. The van der Waals surface area contributed by atoms with Gasteiger partial charge in [-0.25, -0.2) is 17.6 Å². The van der Waals surface area contributed by atoms with Crippen LogP contribution in [0.4, 0.5) is 15.8 Å². The van der Waals surface area contributed by atoms with Crippen molar-refractivity contribution in [2.24, 2.45) is 0 Å². The van der Waals surface area contributed by atoms with Crippen molar-refractivity contribution in [1.82, 2.24) is 0 Å². The molecule has 1 aromatic rings. The number of hydrogen-bond donors (Lipinski definition) is 3. The van der Waals surface area contributed by atoms with Gasteiger partial charge in [0.1, 0.15) is 15.7 Å². The molecule has 8 heteroatoms. The predicted octanol–water partition coefficient (Wildman–Crippen LogP) is 0.563. The number of anilines is 2. The Labute approximate surface area is 104 Å². The van der Waals surface area contributed by atoms with Gasteiger partial charge in [-0.1, -0.05) is 0 Å².